The van der Waals surface area contributed by atoms with E-state index in [1.165, 1.54) is 12.7 Å². The fourth-order valence-corrected chi connectivity index (χ4v) is 2.16. The minimum atomic E-state index is -0.558. The van der Waals surface area contributed by atoms with E-state index in [1.54, 1.807) is 24.3 Å². The van der Waals surface area contributed by atoms with Crippen LogP contribution in [0.15, 0.2) is 54.6 Å². The van der Waals surface area contributed by atoms with Crippen LogP contribution in [-0.4, -0.2) is 25.8 Å². The van der Waals surface area contributed by atoms with Crippen molar-refractivity contribution in [3.05, 3.63) is 60.2 Å². The van der Waals surface area contributed by atoms with Gasteiger partial charge in [0.25, 0.3) is 0 Å². The Kier molecular flexibility index (Phi) is 6.64. The molecule has 0 radical (unpaired) electrons. The number of carbonyl (C=O) groups excluding carboxylic acids is 2. The molecule has 0 aromatic heterocycles. The summed E-state index contributed by atoms with van der Waals surface area (Å²) < 4.78 is 4.53. The Morgan fingerprint density at radius 2 is 1.67 bits per heavy atom. The molecular weight excluding hydrogens is 306 g/mol. The molecule has 0 aliphatic carbocycles. The highest BCUT2D eigenvalue weighted by Gasteiger charge is 2.04. The highest BCUT2D eigenvalue weighted by atomic mass is 16.5. The Hall–Kier alpha value is -3.02. The molecule has 3 N–H and O–H groups in total. The van der Waals surface area contributed by atoms with E-state index >= 15 is 0 Å². The van der Waals surface area contributed by atoms with Gasteiger partial charge in [0.05, 0.1) is 7.11 Å². The molecule has 0 aliphatic rings. The maximum Gasteiger partial charge on any atom is 0.411 e. The van der Waals surface area contributed by atoms with Gasteiger partial charge < -0.3 is 15.4 Å². The van der Waals surface area contributed by atoms with Crippen molar-refractivity contribution in [3.8, 4) is 0 Å². The standard InChI is InChI=1S/C18H21N3O3/c1-24-18(23)21-16-11-5-10-15(13-16)20-17(22)19-12-6-9-14-7-3-2-4-8-14/h2-5,7-8,10-11,13H,6,9,12H2,1H3,(H,21,23)(H2,19,20,22). The van der Waals surface area contributed by atoms with Crippen LogP contribution in [0.5, 0.6) is 0 Å². The van der Waals surface area contributed by atoms with Crippen molar-refractivity contribution in [2.45, 2.75) is 12.8 Å². The summed E-state index contributed by atoms with van der Waals surface area (Å²) in [6, 6.07) is 16.7. The van der Waals surface area contributed by atoms with Crippen molar-refractivity contribution in [1.82, 2.24) is 5.32 Å². The number of benzene rings is 2. The summed E-state index contributed by atoms with van der Waals surface area (Å²) in [7, 11) is 1.29. The SMILES string of the molecule is COC(=O)Nc1cccc(NC(=O)NCCCc2ccccc2)c1. The molecule has 0 unspecified atom stereocenters. The van der Waals surface area contributed by atoms with Gasteiger partial charge in [0.2, 0.25) is 0 Å². The summed E-state index contributed by atoms with van der Waals surface area (Å²) in [4.78, 5) is 23.1. The molecule has 0 aliphatic heterocycles. The first-order valence-electron chi connectivity index (χ1n) is 7.71. The van der Waals surface area contributed by atoms with Crippen LogP contribution < -0.4 is 16.0 Å². The topological polar surface area (TPSA) is 79.5 Å². The maximum atomic E-state index is 11.9. The average Bonchev–Trinajstić information content (AvgIpc) is 2.60. The molecule has 0 heterocycles. The van der Waals surface area contributed by atoms with Gasteiger partial charge in [0, 0.05) is 17.9 Å². The second-order valence-corrected chi connectivity index (χ2v) is 5.17. The third-order valence-corrected chi connectivity index (χ3v) is 3.32. The predicted molar refractivity (Wildman–Crippen MR) is 94.3 cm³/mol. The molecule has 0 saturated heterocycles. The van der Waals surface area contributed by atoms with E-state index in [9.17, 15) is 9.59 Å². The normalized spacial score (nSPS) is 9.88. The van der Waals surface area contributed by atoms with Crippen molar-refractivity contribution in [2.75, 3.05) is 24.3 Å². The first-order valence-corrected chi connectivity index (χ1v) is 7.71. The van der Waals surface area contributed by atoms with Crippen LogP contribution in [0, 0.1) is 0 Å². The van der Waals surface area contributed by atoms with Crippen molar-refractivity contribution in [2.24, 2.45) is 0 Å². The number of rotatable bonds is 6. The average molecular weight is 327 g/mol. The molecule has 2 aromatic rings. The first kappa shape index (κ1) is 17.3. The molecule has 0 fully saturated rings. The third kappa shape index (κ3) is 6.00. The summed E-state index contributed by atoms with van der Waals surface area (Å²) in [5.74, 6) is 0. The Bertz CT molecular complexity index is 674. The lowest BCUT2D eigenvalue weighted by molar-refractivity contribution is 0.187. The Balaban J connectivity index is 1.74. The van der Waals surface area contributed by atoms with Gasteiger partial charge in [-0.1, -0.05) is 36.4 Å². The van der Waals surface area contributed by atoms with Crippen LogP contribution >= 0.6 is 0 Å². The number of carbonyl (C=O) groups is 2. The molecular formula is C18H21N3O3. The van der Waals surface area contributed by atoms with E-state index in [-0.39, 0.29) is 6.03 Å². The number of aryl methyl sites for hydroxylation is 1. The molecule has 6 nitrogen and oxygen atoms in total. The highest BCUT2D eigenvalue weighted by molar-refractivity contribution is 5.91. The van der Waals surface area contributed by atoms with Gasteiger partial charge in [-0.25, -0.2) is 9.59 Å². The van der Waals surface area contributed by atoms with E-state index in [0.29, 0.717) is 17.9 Å². The van der Waals surface area contributed by atoms with Crippen molar-refractivity contribution < 1.29 is 14.3 Å². The van der Waals surface area contributed by atoms with E-state index in [0.717, 1.165) is 12.8 Å². The zero-order chi connectivity index (χ0) is 17.2. The van der Waals surface area contributed by atoms with Gasteiger partial charge in [0.1, 0.15) is 0 Å². The number of urea groups is 1. The molecule has 24 heavy (non-hydrogen) atoms. The molecule has 0 atom stereocenters. The van der Waals surface area contributed by atoms with E-state index < -0.39 is 6.09 Å². The molecule has 0 bridgehead atoms. The highest BCUT2D eigenvalue weighted by Crippen LogP contribution is 2.15. The van der Waals surface area contributed by atoms with Crippen molar-refractivity contribution in [1.29, 1.82) is 0 Å². The van der Waals surface area contributed by atoms with Gasteiger partial charge >= 0.3 is 12.1 Å². The van der Waals surface area contributed by atoms with Gasteiger partial charge in [-0.15, -0.1) is 0 Å². The zero-order valence-corrected chi connectivity index (χ0v) is 13.5. The molecule has 6 heteroatoms. The van der Waals surface area contributed by atoms with Crippen LogP contribution in [-0.2, 0) is 11.2 Å². The lowest BCUT2D eigenvalue weighted by Crippen LogP contribution is -2.29. The number of methoxy groups -OCH3 is 1. The molecule has 2 rings (SSSR count). The molecule has 126 valence electrons. The Morgan fingerprint density at radius 1 is 0.958 bits per heavy atom. The predicted octanol–water partition coefficient (Wildman–Crippen LogP) is 3.62. The number of nitrogens with one attached hydrogen (secondary N) is 3. The fourth-order valence-electron chi connectivity index (χ4n) is 2.16. The van der Waals surface area contributed by atoms with Crippen molar-refractivity contribution >= 4 is 23.5 Å². The van der Waals surface area contributed by atoms with Crippen LogP contribution in [0.1, 0.15) is 12.0 Å². The minimum absolute atomic E-state index is 0.279. The second kappa shape index (κ2) is 9.19. The fraction of sp³-hybridized carbons (Fsp3) is 0.222. The smallest absolute Gasteiger partial charge is 0.411 e. The summed E-state index contributed by atoms with van der Waals surface area (Å²) in [6.45, 7) is 0.584. The number of amides is 3. The van der Waals surface area contributed by atoms with Crippen LogP contribution in [0.3, 0.4) is 0 Å². The Morgan fingerprint density at radius 3 is 2.38 bits per heavy atom. The van der Waals surface area contributed by atoms with Gasteiger partial charge in [0.15, 0.2) is 0 Å². The second-order valence-electron chi connectivity index (χ2n) is 5.17. The number of anilines is 2. The quantitative estimate of drug-likeness (QED) is 0.709. The number of hydrogen-bond acceptors (Lipinski definition) is 3. The molecule has 2 aromatic carbocycles. The lowest BCUT2D eigenvalue weighted by Gasteiger charge is -2.09. The minimum Gasteiger partial charge on any atom is -0.453 e. The summed E-state index contributed by atoms with van der Waals surface area (Å²) >= 11 is 0. The van der Waals surface area contributed by atoms with Crippen LogP contribution in [0.4, 0.5) is 21.0 Å². The third-order valence-electron chi connectivity index (χ3n) is 3.32. The van der Waals surface area contributed by atoms with Crippen molar-refractivity contribution in [3.63, 3.8) is 0 Å². The summed E-state index contributed by atoms with van der Waals surface area (Å²) in [5.41, 5.74) is 2.38. The summed E-state index contributed by atoms with van der Waals surface area (Å²) in [5, 5.41) is 8.08. The van der Waals surface area contributed by atoms with Gasteiger partial charge in [-0.3, -0.25) is 5.32 Å². The number of ether oxygens (including phenoxy) is 1. The van der Waals surface area contributed by atoms with Gasteiger partial charge in [-0.2, -0.15) is 0 Å². The van der Waals surface area contributed by atoms with E-state index in [2.05, 4.69) is 32.8 Å². The van der Waals surface area contributed by atoms with Crippen LogP contribution in [0.25, 0.3) is 0 Å². The molecule has 3 amide bonds. The largest absolute Gasteiger partial charge is 0.453 e. The number of hydrogen-bond donors (Lipinski definition) is 3. The van der Waals surface area contributed by atoms with E-state index in [4.69, 9.17) is 0 Å². The lowest BCUT2D eigenvalue weighted by atomic mass is 10.1. The monoisotopic (exact) mass is 327 g/mol. The molecule has 0 saturated carbocycles. The first-order chi connectivity index (χ1) is 11.7. The Labute approximate surface area is 141 Å². The van der Waals surface area contributed by atoms with Crippen LogP contribution in [0.2, 0.25) is 0 Å². The maximum absolute atomic E-state index is 11.9. The zero-order valence-electron chi connectivity index (χ0n) is 13.5. The van der Waals surface area contributed by atoms with E-state index in [1.807, 2.05) is 18.2 Å². The summed E-state index contributed by atoms with van der Waals surface area (Å²) in [6.07, 6.45) is 1.22. The van der Waals surface area contributed by atoms with Gasteiger partial charge in [-0.05, 0) is 36.6 Å². The molecule has 0 spiro atoms.